The average Bonchev–Trinajstić information content (AvgIpc) is 2.21. The van der Waals surface area contributed by atoms with Crippen molar-refractivity contribution in [1.29, 1.82) is 0 Å². The minimum Gasteiger partial charge on any atom is -0.471 e. The molecule has 2 nitrogen and oxygen atoms in total. The highest BCUT2D eigenvalue weighted by Gasteiger charge is 1.96. The Bertz CT molecular complexity index is 313. The number of thiocarbonyl (C=S) groups is 1. The Morgan fingerprint density at radius 3 is 2.67 bits per heavy atom. The van der Waals surface area contributed by atoms with Crippen molar-refractivity contribution >= 4 is 29.0 Å². The smallest absolute Gasteiger partial charge is 0.256 e. The van der Waals surface area contributed by atoms with E-state index in [-0.39, 0.29) is 0 Å². The zero-order valence-corrected chi connectivity index (χ0v) is 10.2. The van der Waals surface area contributed by atoms with Crippen molar-refractivity contribution < 1.29 is 4.74 Å². The van der Waals surface area contributed by atoms with Crippen LogP contribution in [0.3, 0.4) is 0 Å². The fraction of sp³-hybridized carbons (Fsp3) is 0.364. The van der Waals surface area contributed by atoms with Gasteiger partial charge in [0.25, 0.3) is 5.17 Å². The number of hydrogen-bond acceptors (Lipinski definition) is 2. The van der Waals surface area contributed by atoms with Crippen LogP contribution in [0, 0.1) is 0 Å². The number of nitrogens with one attached hydrogen (secondary N) is 1. The molecule has 1 rings (SSSR count). The summed E-state index contributed by atoms with van der Waals surface area (Å²) in [5, 5.41) is 4.25. The van der Waals surface area contributed by atoms with Crippen molar-refractivity contribution in [2.75, 3.05) is 13.2 Å². The van der Waals surface area contributed by atoms with Crippen molar-refractivity contribution in [2.45, 2.75) is 13.3 Å². The summed E-state index contributed by atoms with van der Waals surface area (Å²) in [7, 11) is 0. The van der Waals surface area contributed by atoms with Crippen molar-refractivity contribution in [2.24, 2.45) is 0 Å². The number of halogens is 1. The molecule has 0 saturated carbocycles. The van der Waals surface area contributed by atoms with Crippen LogP contribution in [0.2, 0.25) is 5.02 Å². The van der Waals surface area contributed by atoms with Crippen LogP contribution in [0.4, 0.5) is 0 Å². The van der Waals surface area contributed by atoms with Crippen LogP contribution in [-0.4, -0.2) is 18.3 Å². The van der Waals surface area contributed by atoms with E-state index in [0.717, 1.165) is 18.0 Å². The summed E-state index contributed by atoms with van der Waals surface area (Å²) in [6, 6.07) is 7.79. The third-order valence-corrected chi connectivity index (χ3v) is 2.39. The Morgan fingerprint density at radius 2 is 2.07 bits per heavy atom. The summed E-state index contributed by atoms with van der Waals surface area (Å²) in [4.78, 5) is 0. The van der Waals surface area contributed by atoms with Crippen molar-refractivity contribution in [3.63, 3.8) is 0 Å². The highest BCUT2D eigenvalue weighted by atomic mass is 35.5. The van der Waals surface area contributed by atoms with Crippen molar-refractivity contribution in [1.82, 2.24) is 5.32 Å². The van der Waals surface area contributed by atoms with Crippen molar-refractivity contribution in [3.8, 4) is 0 Å². The molecule has 82 valence electrons. The first kappa shape index (κ1) is 12.3. The fourth-order valence-electron chi connectivity index (χ4n) is 1.14. The molecular formula is C11H14ClNOS. The summed E-state index contributed by atoms with van der Waals surface area (Å²) >= 11 is 10.7. The lowest BCUT2D eigenvalue weighted by Gasteiger charge is -2.07. The second-order valence-corrected chi connectivity index (χ2v) is 3.83. The maximum absolute atomic E-state index is 5.78. The molecule has 1 N–H and O–H groups in total. The lowest BCUT2D eigenvalue weighted by Crippen LogP contribution is -2.26. The van der Waals surface area contributed by atoms with E-state index in [1.165, 1.54) is 5.56 Å². The average molecular weight is 244 g/mol. The maximum atomic E-state index is 5.78. The topological polar surface area (TPSA) is 21.3 Å². The van der Waals surface area contributed by atoms with Crippen LogP contribution in [0.1, 0.15) is 12.5 Å². The molecule has 0 aliphatic heterocycles. The molecular weight excluding hydrogens is 230 g/mol. The van der Waals surface area contributed by atoms with Gasteiger partial charge in [-0.05, 0) is 43.3 Å². The molecule has 0 spiro atoms. The third kappa shape index (κ3) is 5.00. The van der Waals surface area contributed by atoms with Gasteiger partial charge in [-0.15, -0.1) is 0 Å². The SMILES string of the molecule is CCOC(=S)NCCc1ccc(Cl)cc1. The molecule has 0 atom stereocenters. The highest BCUT2D eigenvalue weighted by molar-refractivity contribution is 7.80. The number of rotatable bonds is 4. The third-order valence-electron chi connectivity index (χ3n) is 1.87. The Balaban J connectivity index is 2.26. The standard InChI is InChI=1S/C11H14ClNOS/c1-2-14-11(15)13-8-7-9-3-5-10(12)6-4-9/h3-6H,2,7-8H2,1H3,(H,13,15). The molecule has 0 saturated heterocycles. The van der Waals surface area contributed by atoms with Gasteiger partial charge in [0.15, 0.2) is 0 Å². The molecule has 0 radical (unpaired) electrons. The zero-order chi connectivity index (χ0) is 11.1. The monoisotopic (exact) mass is 243 g/mol. The van der Waals surface area contributed by atoms with E-state index in [4.69, 9.17) is 28.6 Å². The number of benzene rings is 1. The van der Waals surface area contributed by atoms with Gasteiger partial charge in [0.2, 0.25) is 0 Å². The van der Waals surface area contributed by atoms with Gasteiger partial charge >= 0.3 is 0 Å². The predicted molar refractivity (Wildman–Crippen MR) is 67.4 cm³/mol. The lowest BCUT2D eigenvalue weighted by atomic mass is 10.1. The molecule has 0 heterocycles. The molecule has 0 aliphatic carbocycles. The molecule has 0 unspecified atom stereocenters. The van der Waals surface area contributed by atoms with Gasteiger partial charge in [-0.3, -0.25) is 0 Å². The fourth-order valence-corrected chi connectivity index (χ4v) is 1.49. The van der Waals surface area contributed by atoms with E-state index in [2.05, 4.69) is 5.32 Å². The van der Waals surface area contributed by atoms with E-state index in [0.29, 0.717) is 11.8 Å². The molecule has 4 heteroatoms. The van der Waals surface area contributed by atoms with Crippen LogP contribution in [0.5, 0.6) is 0 Å². The first-order chi connectivity index (χ1) is 7.22. The van der Waals surface area contributed by atoms with Gasteiger partial charge in [0, 0.05) is 11.6 Å². The van der Waals surface area contributed by atoms with Crippen LogP contribution >= 0.6 is 23.8 Å². The van der Waals surface area contributed by atoms with E-state index in [9.17, 15) is 0 Å². The minimum atomic E-state index is 0.464. The molecule has 0 bridgehead atoms. The molecule has 0 aromatic heterocycles. The largest absolute Gasteiger partial charge is 0.471 e. The Morgan fingerprint density at radius 1 is 1.40 bits per heavy atom. The van der Waals surface area contributed by atoms with Crippen LogP contribution in [-0.2, 0) is 11.2 Å². The molecule has 15 heavy (non-hydrogen) atoms. The quantitative estimate of drug-likeness (QED) is 0.822. The second kappa shape index (κ2) is 6.64. The van der Waals surface area contributed by atoms with E-state index < -0.39 is 0 Å². The second-order valence-electron chi connectivity index (χ2n) is 3.02. The van der Waals surface area contributed by atoms with Gasteiger partial charge in [-0.2, -0.15) is 0 Å². The molecule has 1 aromatic carbocycles. The van der Waals surface area contributed by atoms with Crippen LogP contribution < -0.4 is 5.32 Å². The Hall–Kier alpha value is -0.800. The van der Waals surface area contributed by atoms with Gasteiger partial charge in [0.05, 0.1) is 6.61 Å². The van der Waals surface area contributed by atoms with Gasteiger partial charge in [-0.25, -0.2) is 0 Å². The summed E-state index contributed by atoms with van der Waals surface area (Å²) in [5.74, 6) is 0. The molecule has 0 amide bonds. The summed E-state index contributed by atoms with van der Waals surface area (Å²) in [6.45, 7) is 3.29. The number of ether oxygens (including phenoxy) is 1. The van der Waals surface area contributed by atoms with Gasteiger partial charge in [-0.1, -0.05) is 23.7 Å². The van der Waals surface area contributed by atoms with Crippen LogP contribution in [0.25, 0.3) is 0 Å². The molecule has 1 aromatic rings. The van der Waals surface area contributed by atoms with Gasteiger partial charge < -0.3 is 10.1 Å². The highest BCUT2D eigenvalue weighted by Crippen LogP contribution is 2.09. The Kier molecular flexibility index (Phi) is 5.43. The summed E-state index contributed by atoms with van der Waals surface area (Å²) in [6.07, 6.45) is 0.907. The number of hydrogen-bond donors (Lipinski definition) is 1. The summed E-state index contributed by atoms with van der Waals surface area (Å²) < 4.78 is 5.10. The first-order valence-electron chi connectivity index (χ1n) is 4.87. The van der Waals surface area contributed by atoms with Crippen LogP contribution in [0.15, 0.2) is 24.3 Å². The van der Waals surface area contributed by atoms with E-state index in [1.807, 2.05) is 31.2 Å². The van der Waals surface area contributed by atoms with Gasteiger partial charge in [0.1, 0.15) is 0 Å². The Labute approximate surface area is 101 Å². The maximum Gasteiger partial charge on any atom is 0.256 e. The lowest BCUT2D eigenvalue weighted by molar-refractivity contribution is 0.320. The summed E-state index contributed by atoms with van der Waals surface area (Å²) in [5.41, 5.74) is 1.23. The van der Waals surface area contributed by atoms with Crippen molar-refractivity contribution in [3.05, 3.63) is 34.9 Å². The van der Waals surface area contributed by atoms with E-state index in [1.54, 1.807) is 0 Å². The van der Waals surface area contributed by atoms with E-state index >= 15 is 0 Å². The normalized spacial score (nSPS) is 9.73. The molecule has 0 aliphatic rings. The predicted octanol–water partition coefficient (Wildman–Crippen LogP) is 2.79. The minimum absolute atomic E-state index is 0.464. The first-order valence-corrected chi connectivity index (χ1v) is 5.66. The zero-order valence-electron chi connectivity index (χ0n) is 8.63. The molecule has 0 fully saturated rings.